The third-order valence-electron chi connectivity index (χ3n) is 3.88. The van der Waals surface area contributed by atoms with Crippen LogP contribution in [0.25, 0.3) is 16.9 Å². The van der Waals surface area contributed by atoms with E-state index in [1.807, 2.05) is 6.07 Å². The second kappa shape index (κ2) is 6.99. The molecule has 0 radical (unpaired) electrons. The zero-order chi connectivity index (χ0) is 18.0. The number of aromatic hydroxyl groups is 1. The van der Waals surface area contributed by atoms with Gasteiger partial charge in [-0.1, -0.05) is 11.6 Å². The molecule has 1 heterocycles. The third kappa shape index (κ3) is 3.67. The summed E-state index contributed by atoms with van der Waals surface area (Å²) in [5.41, 5.74) is 2.59. The van der Waals surface area contributed by atoms with Gasteiger partial charge in [-0.05, 0) is 66.6 Å². The standard InChI is InChI=1S/C19H15ClFNO3/c20-13-3-9-18(23)17(11-13)22-15(7-10-19(24)25)6-8-16(22)12-1-4-14(21)5-2-12/h1-6,8-9,11,23H,7,10H2,(H,24,25). The van der Waals surface area contributed by atoms with Crippen LogP contribution in [0.15, 0.2) is 54.6 Å². The fourth-order valence-corrected chi connectivity index (χ4v) is 2.88. The number of phenols is 1. The van der Waals surface area contributed by atoms with Gasteiger partial charge in [-0.25, -0.2) is 4.39 Å². The van der Waals surface area contributed by atoms with E-state index in [1.165, 1.54) is 18.2 Å². The Bertz CT molecular complexity index is 919. The van der Waals surface area contributed by atoms with Crippen molar-refractivity contribution in [3.63, 3.8) is 0 Å². The summed E-state index contributed by atoms with van der Waals surface area (Å²) in [6.07, 6.45) is 0.233. The maximum Gasteiger partial charge on any atom is 0.303 e. The second-order valence-electron chi connectivity index (χ2n) is 5.58. The van der Waals surface area contributed by atoms with E-state index in [0.29, 0.717) is 22.1 Å². The highest BCUT2D eigenvalue weighted by Gasteiger charge is 2.16. The number of benzene rings is 2. The van der Waals surface area contributed by atoms with Gasteiger partial charge >= 0.3 is 5.97 Å². The Morgan fingerprint density at radius 2 is 1.80 bits per heavy atom. The zero-order valence-electron chi connectivity index (χ0n) is 13.1. The van der Waals surface area contributed by atoms with Gasteiger partial charge in [0.15, 0.2) is 0 Å². The van der Waals surface area contributed by atoms with E-state index in [9.17, 15) is 14.3 Å². The lowest BCUT2D eigenvalue weighted by Gasteiger charge is -2.15. The summed E-state index contributed by atoms with van der Waals surface area (Å²) < 4.78 is 15.0. The molecule has 0 unspecified atom stereocenters. The molecule has 2 N–H and O–H groups in total. The van der Waals surface area contributed by atoms with Gasteiger partial charge < -0.3 is 14.8 Å². The highest BCUT2D eigenvalue weighted by Crippen LogP contribution is 2.33. The molecule has 0 fully saturated rings. The van der Waals surface area contributed by atoms with Gasteiger partial charge in [0.05, 0.1) is 17.8 Å². The summed E-state index contributed by atoms with van der Waals surface area (Å²) in [5, 5.41) is 19.7. The summed E-state index contributed by atoms with van der Waals surface area (Å²) in [6.45, 7) is 0. The summed E-state index contributed by atoms with van der Waals surface area (Å²) in [5.74, 6) is -1.24. The minimum Gasteiger partial charge on any atom is -0.506 e. The lowest BCUT2D eigenvalue weighted by Crippen LogP contribution is -2.05. The Hall–Kier alpha value is -2.79. The Morgan fingerprint density at radius 3 is 2.48 bits per heavy atom. The molecule has 0 saturated carbocycles. The van der Waals surface area contributed by atoms with Crippen LogP contribution in [0.1, 0.15) is 12.1 Å². The molecule has 6 heteroatoms. The molecule has 128 valence electrons. The number of hydrogen-bond donors (Lipinski definition) is 2. The van der Waals surface area contributed by atoms with Crippen LogP contribution in [0, 0.1) is 5.82 Å². The Labute approximate surface area is 148 Å². The molecule has 0 aliphatic heterocycles. The first-order valence-electron chi connectivity index (χ1n) is 7.63. The predicted molar refractivity (Wildman–Crippen MR) is 93.8 cm³/mol. The normalized spacial score (nSPS) is 10.8. The van der Waals surface area contributed by atoms with Crippen molar-refractivity contribution < 1.29 is 19.4 Å². The smallest absolute Gasteiger partial charge is 0.303 e. The van der Waals surface area contributed by atoms with Crippen molar-refractivity contribution in [2.24, 2.45) is 0 Å². The van der Waals surface area contributed by atoms with Gasteiger partial charge in [-0.3, -0.25) is 4.79 Å². The number of aromatic nitrogens is 1. The number of nitrogens with zero attached hydrogens (tertiary/aromatic N) is 1. The van der Waals surface area contributed by atoms with Crippen molar-refractivity contribution in [2.75, 3.05) is 0 Å². The van der Waals surface area contributed by atoms with E-state index in [2.05, 4.69) is 0 Å². The zero-order valence-corrected chi connectivity index (χ0v) is 13.9. The first-order chi connectivity index (χ1) is 12.0. The Balaban J connectivity index is 2.17. The van der Waals surface area contributed by atoms with Crippen LogP contribution < -0.4 is 0 Å². The van der Waals surface area contributed by atoms with Crippen molar-refractivity contribution in [1.29, 1.82) is 0 Å². The van der Waals surface area contributed by atoms with E-state index in [-0.39, 0.29) is 24.4 Å². The molecule has 3 rings (SSSR count). The molecular weight excluding hydrogens is 345 g/mol. The highest BCUT2D eigenvalue weighted by molar-refractivity contribution is 6.30. The molecular formula is C19H15ClFNO3. The first-order valence-corrected chi connectivity index (χ1v) is 8.01. The molecule has 0 saturated heterocycles. The third-order valence-corrected chi connectivity index (χ3v) is 4.11. The molecule has 1 aromatic heterocycles. The van der Waals surface area contributed by atoms with Gasteiger partial charge in [0.2, 0.25) is 0 Å². The average molecular weight is 360 g/mol. The molecule has 0 amide bonds. The Kier molecular flexibility index (Phi) is 4.76. The summed E-state index contributed by atoms with van der Waals surface area (Å²) in [4.78, 5) is 10.9. The summed E-state index contributed by atoms with van der Waals surface area (Å²) in [6, 6.07) is 14.2. The molecule has 0 atom stereocenters. The predicted octanol–water partition coefficient (Wildman–Crippen LogP) is 4.66. The Morgan fingerprint density at radius 1 is 1.08 bits per heavy atom. The minimum atomic E-state index is -0.911. The van der Waals surface area contributed by atoms with E-state index in [0.717, 1.165) is 5.56 Å². The van der Waals surface area contributed by atoms with Gasteiger partial charge in [0.1, 0.15) is 11.6 Å². The number of aryl methyl sites for hydroxylation is 1. The topological polar surface area (TPSA) is 62.5 Å². The van der Waals surface area contributed by atoms with Crippen LogP contribution in [0.3, 0.4) is 0 Å². The molecule has 0 aliphatic carbocycles. The second-order valence-corrected chi connectivity index (χ2v) is 6.02. The number of halogens is 2. The lowest BCUT2D eigenvalue weighted by molar-refractivity contribution is -0.136. The summed E-state index contributed by atoms with van der Waals surface area (Å²) in [7, 11) is 0. The average Bonchev–Trinajstić information content (AvgIpc) is 2.99. The number of carbonyl (C=O) groups is 1. The molecule has 4 nitrogen and oxygen atoms in total. The molecule has 25 heavy (non-hydrogen) atoms. The van der Waals surface area contributed by atoms with Crippen LogP contribution in [-0.4, -0.2) is 20.7 Å². The number of rotatable bonds is 5. The monoisotopic (exact) mass is 359 g/mol. The van der Waals surface area contributed by atoms with Gasteiger partial charge in [0, 0.05) is 10.7 Å². The van der Waals surface area contributed by atoms with E-state index in [4.69, 9.17) is 16.7 Å². The van der Waals surface area contributed by atoms with Gasteiger partial charge in [-0.15, -0.1) is 0 Å². The molecule has 2 aromatic carbocycles. The lowest BCUT2D eigenvalue weighted by atomic mass is 10.1. The molecule has 0 spiro atoms. The van der Waals surface area contributed by atoms with Crippen molar-refractivity contribution in [1.82, 2.24) is 4.57 Å². The van der Waals surface area contributed by atoms with Crippen LogP contribution in [0.2, 0.25) is 5.02 Å². The minimum absolute atomic E-state index is 0.0144. The quantitative estimate of drug-likeness (QED) is 0.696. The van der Waals surface area contributed by atoms with Crippen LogP contribution in [0.5, 0.6) is 5.75 Å². The SMILES string of the molecule is O=C(O)CCc1ccc(-c2ccc(F)cc2)n1-c1cc(Cl)ccc1O. The summed E-state index contributed by atoms with van der Waals surface area (Å²) >= 11 is 6.06. The van der Waals surface area contributed by atoms with E-state index >= 15 is 0 Å². The largest absolute Gasteiger partial charge is 0.506 e. The highest BCUT2D eigenvalue weighted by atomic mass is 35.5. The number of phenolic OH excluding ortho intramolecular Hbond substituents is 1. The number of carboxylic acid groups (broad SMARTS) is 1. The van der Waals surface area contributed by atoms with Crippen LogP contribution >= 0.6 is 11.6 Å². The molecule has 0 aliphatic rings. The maximum absolute atomic E-state index is 13.2. The van der Waals surface area contributed by atoms with Crippen molar-refractivity contribution in [3.05, 3.63) is 71.1 Å². The fraction of sp³-hybridized carbons (Fsp3) is 0.105. The van der Waals surface area contributed by atoms with Gasteiger partial charge in [0.25, 0.3) is 0 Å². The van der Waals surface area contributed by atoms with Crippen LogP contribution in [-0.2, 0) is 11.2 Å². The molecule has 0 bridgehead atoms. The first kappa shape index (κ1) is 17.0. The van der Waals surface area contributed by atoms with E-state index in [1.54, 1.807) is 34.9 Å². The number of aliphatic carboxylic acids is 1. The van der Waals surface area contributed by atoms with Gasteiger partial charge in [-0.2, -0.15) is 0 Å². The molecule has 3 aromatic rings. The van der Waals surface area contributed by atoms with Crippen molar-refractivity contribution >= 4 is 17.6 Å². The van der Waals surface area contributed by atoms with Crippen molar-refractivity contribution in [3.8, 4) is 22.7 Å². The van der Waals surface area contributed by atoms with Crippen LogP contribution in [0.4, 0.5) is 4.39 Å². The van der Waals surface area contributed by atoms with E-state index < -0.39 is 5.97 Å². The van der Waals surface area contributed by atoms with Crippen molar-refractivity contribution in [2.45, 2.75) is 12.8 Å². The number of carboxylic acids is 1. The maximum atomic E-state index is 13.2. The fourth-order valence-electron chi connectivity index (χ4n) is 2.72. The number of hydrogen-bond acceptors (Lipinski definition) is 2.